The third-order valence-corrected chi connectivity index (χ3v) is 6.25. The minimum atomic E-state index is -1.03. The first-order valence-electron chi connectivity index (χ1n) is 10.6. The van der Waals surface area contributed by atoms with Crippen LogP contribution < -0.4 is 0 Å². The summed E-state index contributed by atoms with van der Waals surface area (Å²) in [7, 11) is 1.26. The molecule has 1 unspecified atom stereocenters. The van der Waals surface area contributed by atoms with Crippen LogP contribution in [0.15, 0.2) is 35.4 Å². The molecule has 1 saturated heterocycles. The van der Waals surface area contributed by atoms with Crippen molar-refractivity contribution in [2.45, 2.75) is 32.7 Å². The van der Waals surface area contributed by atoms with Gasteiger partial charge in [-0.1, -0.05) is 37.7 Å². The van der Waals surface area contributed by atoms with E-state index in [0.29, 0.717) is 11.4 Å². The number of methoxy groups -OCH3 is 1. The molecule has 3 amide bonds. The summed E-state index contributed by atoms with van der Waals surface area (Å²) in [6.07, 6.45) is 1.85. The third kappa shape index (κ3) is 5.44. The lowest BCUT2D eigenvalue weighted by atomic mass is 10.0. The van der Waals surface area contributed by atoms with E-state index < -0.39 is 29.8 Å². The van der Waals surface area contributed by atoms with E-state index in [1.54, 1.807) is 24.3 Å². The van der Waals surface area contributed by atoms with E-state index >= 15 is 0 Å². The second-order valence-corrected chi connectivity index (χ2v) is 9.03. The van der Waals surface area contributed by atoms with Crippen molar-refractivity contribution in [3.05, 3.63) is 46.5 Å². The van der Waals surface area contributed by atoms with Crippen molar-refractivity contribution in [3.63, 3.8) is 0 Å². The molecule has 10 heteroatoms. The highest BCUT2D eigenvalue weighted by molar-refractivity contribution is 8.04. The molecule has 1 aromatic rings. The molecule has 33 heavy (non-hydrogen) atoms. The van der Waals surface area contributed by atoms with Crippen LogP contribution in [0.4, 0.5) is 0 Å². The Hall–Kier alpha value is -3.14. The summed E-state index contributed by atoms with van der Waals surface area (Å²) in [6, 6.07) is 5.44. The molecule has 0 N–H and O–H groups in total. The first-order valence-corrected chi connectivity index (χ1v) is 11.6. The highest BCUT2D eigenvalue weighted by Gasteiger charge is 2.43. The molecule has 0 aliphatic carbocycles. The smallest absolute Gasteiger partial charge is 0.333 e. The van der Waals surface area contributed by atoms with E-state index in [1.807, 2.05) is 13.8 Å². The van der Waals surface area contributed by atoms with E-state index in [0.717, 1.165) is 4.90 Å². The van der Waals surface area contributed by atoms with Crippen molar-refractivity contribution in [2.75, 3.05) is 26.0 Å². The molecule has 2 aliphatic rings. The van der Waals surface area contributed by atoms with Crippen molar-refractivity contribution >= 4 is 41.4 Å². The molecule has 3 rings (SSSR count). The van der Waals surface area contributed by atoms with E-state index in [1.165, 1.54) is 29.8 Å². The van der Waals surface area contributed by atoms with Gasteiger partial charge in [-0.3, -0.25) is 19.3 Å². The van der Waals surface area contributed by atoms with Crippen molar-refractivity contribution < 1.29 is 33.4 Å². The Labute approximate surface area is 196 Å². The van der Waals surface area contributed by atoms with Gasteiger partial charge in [-0.15, -0.1) is 0 Å². The van der Waals surface area contributed by atoms with Gasteiger partial charge in [0.15, 0.2) is 0 Å². The van der Waals surface area contributed by atoms with Gasteiger partial charge in [0.05, 0.1) is 41.7 Å². The Morgan fingerprint density at radius 1 is 1.12 bits per heavy atom. The molecule has 0 spiro atoms. The number of hydrogen-bond donors (Lipinski definition) is 0. The molecule has 1 fully saturated rings. The molecule has 0 aromatic heterocycles. The maximum atomic E-state index is 12.9. The molecule has 2 aliphatic heterocycles. The molecular formula is C23H26N2O7S. The Balaban J connectivity index is 1.62. The molecule has 2 heterocycles. The minimum Gasteiger partial charge on any atom is -0.466 e. The summed E-state index contributed by atoms with van der Waals surface area (Å²) >= 11 is 1.24. The van der Waals surface area contributed by atoms with Gasteiger partial charge in [0.25, 0.3) is 11.8 Å². The number of thioether (sulfide) groups is 1. The van der Waals surface area contributed by atoms with Crippen LogP contribution in [0.5, 0.6) is 0 Å². The van der Waals surface area contributed by atoms with Gasteiger partial charge in [-0.2, -0.15) is 0 Å². The highest BCUT2D eigenvalue weighted by Crippen LogP contribution is 2.29. The zero-order chi connectivity index (χ0) is 24.1. The summed E-state index contributed by atoms with van der Waals surface area (Å²) in [5.74, 6) is -2.11. The molecule has 9 nitrogen and oxygen atoms in total. The number of esters is 2. The number of benzene rings is 1. The Morgan fingerprint density at radius 2 is 1.76 bits per heavy atom. The first kappa shape index (κ1) is 24.5. The number of carbonyl (C=O) groups excluding carboxylic acids is 5. The van der Waals surface area contributed by atoms with E-state index in [2.05, 4.69) is 4.74 Å². The normalized spacial score (nSPS) is 17.7. The van der Waals surface area contributed by atoms with Gasteiger partial charge in [-0.05, 0) is 30.9 Å². The van der Waals surface area contributed by atoms with Crippen LogP contribution in [-0.4, -0.2) is 71.5 Å². The zero-order valence-corrected chi connectivity index (χ0v) is 19.6. The van der Waals surface area contributed by atoms with Crippen LogP contribution >= 0.6 is 11.8 Å². The standard InChI is InChI=1S/C23H26N2O7S/c1-14(2)11-17(25-21(28)15-7-4-5-8-16(15)22(25)29)23(30)32-10-6-9-24-18(26)13-33-19(24)12-20(27)31-3/h4-5,7-8,12,14,17H,6,9-11,13H2,1-3H3/b19-12+. The highest BCUT2D eigenvalue weighted by atomic mass is 32.2. The molecule has 176 valence electrons. The number of ether oxygens (including phenoxy) is 2. The van der Waals surface area contributed by atoms with Gasteiger partial charge in [0.1, 0.15) is 6.04 Å². The van der Waals surface area contributed by atoms with E-state index in [-0.39, 0.29) is 48.3 Å². The Bertz CT molecular complexity index is 969. The molecule has 1 atom stereocenters. The molecule has 0 saturated carbocycles. The maximum absolute atomic E-state index is 12.9. The monoisotopic (exact) mass is 474 g/mol. The zero-order valence-electron chi connectivity index (χ0n) is 18.7. The summed E-state index contributed by atoms with van der Waals surface area (Å²) in [5, 5.41) is 0.488. The van der Waals surface area contributed by atoms with Gasteiger partial charge in [0.2, 0.25) is 5.91 Å². The van der Waals surface area contributed by atoms with Crippen LogP contribution in [0.25, 0.3) is 0 Å². The quantitative estimate of drug-likeness (QED) is 0.232. The Kier molecular flexibility index (Phi) is 7.91. The molecular weight excluding hydrogens is 448 g/mol. The lowest BCUT2D eigenvalue weighted by Gasteiger charge is -2.26. The number of rotatable bonds is 9. The number of fused-ring (bicyclic) bond motifs is 1. The molecule has 1 aromatic carbocycles. The second kappa shape index (κ2) is 10.7. The van der Waals surface area contributed by atoms with E-state index in [9.17, 15) is 24.0 Å². The van der Waals surface area contributed by atoms with Crippen LogP contribution in [-0.2, 0) is 23.9 Å². The minimum absolute atomic E-state index is 0.00342. The largest absolute Gasteiger partial charge is 0.466 e. The van der Waals surface area contributed by atoms with Crippen molar-refractivity contribution in [1.29, 1.82) is 0 Å². The average molecular weight is 475 g/mol. The number of amides is 3. The molecule has 0 radical (unpaired) electrons. The van der Waals surface area contributed by atoms with Crippen molar-refractivity contribution in [1.82, 2.24) is 9.80 Å². The van der Waals surface area contributed by atoms with Gasteiger partial charge < -0.3 is 14.4 Å². The third-order valence-electron chi connectivity index (χ3n) is 5.23. The number of imide groups is 1. The maximum Gasteiger partial charge on any atom is 0.333 e. The fourth-order valence-corrected chi connectivity index (χ4v) is 4.62. The fraction of sp³-hybridized carbons (Fsp3) is 0.435. The SMILES string of the molecule is COC(=O)/C=C1/SCC(=O)N1CCCOC(=O)C(CC(C)C)N1C(=O)c2ccccc2C1=O. The lowest BCUT2D eigenvalue weighted by Crippen LogP contribution is -2.46. The van der Waals surface area contributed by atoms with Crippen molar-refractivity contribution in [2.24, 2.45) is 5.92 Å². The average Bonchev–Trinajstić information content (AvgIpc) is 3.26. The second-order valence-electron chi connectivity index (χ2n) is 8.03. The van der Waals surface area contributed by atoms with Gasteiger partial charge in [0, 0.05) is 6.54 Å². The summed E-state index contributed by atoms with van der Waals surface area (Å²) in [5.41, 5.74) is 0.554. The number of nitrogens with zero attached hydrogens (tertiary/aromatic N) is 2. The van der Waals surface area contributed by atoms with E-state index in [4.69, 9.17) is 4.74 Å². The predicted molar refractivity (Wildman–Crippen MR) is 120 cm³/mol. The van der Waals surface area contributed by atoms with Crippen molar-refractivity contribution in [3.8, 4) is 0 Å². The number of carbonyl (C=O) groups is 5. The predicted octanol–water partition coefficient (Wildman–Crippen LogP) is 2.22. The van der Waals surface area contributed by atoms with Crippen LogP contribution in [0.2, 0.25) is 0 Å². The Morgan fingerprint density at radius 3 is 2.33 bits per heavy atom. The fourth-order valence-electron chi connectivity index (χ4n) is 3.66. The van der Waals surface area contributed by atoms with Crippen LogP contribution in [0.1, 0.15) is 47.4 Å². The van der Waals surface area contributed by atoms with Crippen LogP contribution in [0.3, 0.4) is 0 Å². The first-order chi connectivity index (χ1) is 15.7. The topological polar surface area (TPSA) is 110 Å². The summed E-state index contributed by atoms with van der Waals surface area (Å²) in [6.45, 7) is 4.04. The lowest BCUT2D eigenvalue weighted by molar-refractivity contribution is -0.149. The van der Waals surface area contributed by atoms with Gasteiger partial charge >= 0.3 is 11.9 Å². The summed E-state index contributed by atoms with van der Waals surface area (Å²) in [4.78, 5) is 64.6. The van der Waals surface area contributed by atoms with Gasteiger partial charge in [-0.25, -0.2) is 9.59 Å². The number of hydrogen-bond acceptors (Lipinski definition) is 8. The summed E-state index contributed by atoms with van der Waals surface area (Å²) < 4.78 is 10.0. The molecule has 0 bridgehead atoms. The van der Waals surface area contributed by atoms with Crippen LogP contribution in [0, 0.1) is 5.92 Å².